The van der Waals surface area contributed by atoms with Crippen LogP contribution in [0.3, 0.4) is 0 Å². The van der Waals surface area contributed by atoms with Crippen LogP contribution in [-0.2, 0) is 4.79 Å². The Morgan fingerprint density at radius 3 is 2.65 bits per heavy atom. The third-order valence-corrected chi connectivity index (χ3v) is 3.89. The van der Waals surface area contributed by atoms with Crippen molar-refractivity contribution in [1.29, 1.82) is 0 Å². The predicted octanol–water partition coefficient (Wildman–Crippen LogP) is 5.32. The molecule has 0 aliphatic rings. The zero-order valence-corrected chi connectivity index (χ0v) is 13.3. The number of hydrogen-bond donors (Lipinski definition) is 1. The monoisotopic (exact) mass is 307 g/mol. The van der Waals surface area contributed by atoms with Gasteiger partial charge in [0.15, 0.2) is 0 Å². The number of aromatic amines is 1. The van der Waals surface area contributed by atoms with Gasteiger partial charge in [-0.15, -0.1) is 0 Å². The number of hydrogen-bond acceptors (Lipinski definition) is 2. The fraction of sp³-hybridized carbons (Fsp3) is 0.250. The van der Waals surface area contributed by atoms with Crippen molar-refractivity contribution >= 4 is 16.9 Å². The maximum absolute atomic E-state index is 11.8. The number of nitrogens with one attached hydrogen (secondary N) is 1. The molecule has 0 aliphatic heterocycles. The number of rotatable bonds is 6. The highest BCUT2D eigenvalue weighted by Gasteiger charge is 2.07. The Labute approximate surface area is 136 Å². The summed E-state index contributed by atoms with van der Waals surface area (Å²) < 4.78 is 5.43. The van der Waals surface area contributed by atoms with Gasteiger partial charge in [0.25, 0.3) is 0 Å². The van der Waals surface area contributed by atoms with E-state index in [1.54, 1.807) is 0 Å². The third kappa shape index (κ3) is 3.81. The third-order valence-electron chi connectivity index (χ3n) is 3.89. The van der Waals surface area contributed by atoms with E-state index in [4.69, 9.17) is 4.74 Å². The van der Waals surface area contributed by atoms with Gasteiger partial charge in [0, 0.05) is 29.1 Å². The number of aromatic nitrogens is 1. The number of ether oxygens (including phenoxy) is 1. The molecule has 3 nitrogen and oxygen atoms in total. The van der Waals surface area contributed by atoms with Gasteiger partial charge in [0.05, 0.1) is 0 Å². The molecule has 1 aromatic heterocycles. The minimum Gasteiger partial charge on any atom is -0.426 e. The summed E-state index contributed by atoms with van der Waals surface area (Å²) in [6, 6.07) is 18.0. The van der Waals surface area contributed by atoms with E-state index in [9.17, 15) is 4.79 Å². The molecule has 3 heteroatoms. The van der Waals surface area contributed by atoms with E-state index in [0.29, 0.717) is 12.2 Å². The van der Waals surface area contributed by atoms with Crippen LogP contribution >= 0.6 is 0 Å². The van der Waals surface area contributed by atoms with Crippen molar-refractivity contribution in [2.75, 3.05) is 0 Å². The lowest BCUT2D eigenvalue weighted by molar-refractivity contribution is -0.134. The highest BCUT2D eigenvalue weighted by atomic mass is 16.5. The highest BCUT2D eigenvalue weighted by molar-refractivity contribution is 5.87. The first-order valence-corrected chi connectivity index (χ1v) is 8.15. The maximum atomic E-state index is 11.8. The highest BCUT2D eigenvalue weighted by Crippen LogP contribution is 2.27. The second-order valence-electron chi connectivity index (χ2n) is 5.73. The molecule has 0 saturated carbocycles. The Kier molecular flexibility index (Phi) is 4.77. The van der Waals surface area contributed by atoms with Crippen LogP contribution in [0, 0.1) is 0 Å². The average molecular weight is 307 g/mol. The van der Waals surface area contributed by atoms with Gasteiger partial charge >= 0.3 is 5.97 Å². The number of H-pyrrole nitrogens is 1. The summed E-state index contributed by atoms with van der Waals surface area (Å²) >= 11 is 0. The summed E-state index contributed by atoms with van der Waals surface area (Å²) in [6.07, 6.45) is 3.53. The fourth-order valence-corrected chi connectivity index (χ4v) is 2.64. The van der Waals surface area contributed by atoms with Crippen molar-refractivity contribution in [1.82, 2.24) is 4.98 Å². The summed E-state index contributed by atoms with van der Waals surface area (Å²) in [5, 5.41) is 1.11. The van der Waals surface area contributed by atoms with Crippen LogP contribution in [0.2, 0.25) is 0 Å². The predicted molar refractivity (Wildman–Crippen MR) is 93.5 cm³/mol. The molecular weight excluding hydrogens is 286 g/mol. The van der Waals surface area contributed by atoms with E-state index >= 15 is 0 Å². The first-order chi connectivity index (χ1) is 11.3. The van der Waals surface area contributed by atoms with Gasteiger partial charge in [-0.05, 0) is 30.2 Å². The van der Waals surface area contributed by atoms with Gasteiger partial charge in [-0.1, -0.05) is 50.1 Å². The van der Waals surface area contributed by atoms with E-state index in [1.165, 1.54) is 0 Å². The van der Waals surface area contributed by atoms with Gasteiger partial charge in [-0.25, -0.2) is 0 Å². The Morgan fingerprint density at radius 2 is 1.87 bits per heavy atom. The summed E-state index contributed by atoms with van der Waals surface area (Å²) in [6.45, 7) is 2.12. The zero-order valence-electron chi connectivity index (χ0n) is 13.3. The zero-order chi connectivity index (χ0) is 16.1. The summed E-state index contributed by atoms with van der Waals surface area (Å²) in [7, 11) is 0. The van der Waals surface area contributed by atoms with Crippen LogP contribution < -0.4 is 4.74 Å². The molecule has 118 valence electrons. The summed E-state index contributed by atoms with van der Waals surface area (Å²) in [5.74, 6) is 0.438. The van der Waals surface area contributed by atoms with E-state index in [1.807, 2.05) is 36.4 Å². The number of carbonyl (C=O) groups excluding carboxylic acids is 1. The number of carbonyl (C=O) groups is 1. The Morgan fingerprint density at radius 1 is 1.04 bits per heavy atom. The molecular formula is C20H21NO2. The molecule has 3 aromatic rings. The van der Waals surface area contributed by atoms with Crippen molar-refractivity contribution in [2.45, 2.75) is 32.6 Å². The number of esters is 1. The molecule has 0 radical (unpaired) electrons. The lowest BCUT2D eigenvalue weighted by Gasteiger charge is -2.04. The summed E-state index contributed by atoms with van der Waals surface area (Å²) in [5.41, 5.74) is 3.18. The van der Waals surface area contributed by atoms with E-state index < -0.39 is 0 Å². The van der Waals surface area contributed by atoms with Gasteiger partial charge < -0.3 is 9.72 Å². The smallest absolute Gasteiger partial charge is 0.311 e. The van der Waals surface area contributed by atoms with E-state index in [0.717, 1.165) is 41.4 Å². The lowest BCUT2D eigenvalue weighted by Crippen LogP contribution is -2.07. The van der Waals surface area contributed by atoms with Crippen LogP contribution in [0.25, 0.3) is 22.2 Å². The van der Waals surface area contributed by atoms with Gasteiger partial charge in [-0.2, -0.15) is 0 Å². The molecule has 3 rings (SSSR count). The SMILES string of the molecule is CCCCCC(=O)Oc1ccc2cc(-c3ccccc3)[nH]c2c1. The molecule has 0 amide bonds. The van der Waals surface area contributed by atoms with Crippen LogP contribution in [0.1, 0.15) is 32.6 Å². The molecule has 0 atom stereocenters. The molecule has 0 saturated heterocycles. The van der Waals surface area contributed by atoms with Crippen molar-refractivity contribution in [2.24, 2.45) is 0 Å². The molecule has 0 spiro atoms. The summed E-state index contributed by atoms with van der Waals surface area (Å²) in [4.78, 5) is 15.2. The van der Waals surface area contributed by atoms with Crippen LogP contribution in [-0.4, -0.2) is 11.0 Å². The van der Waals surface area contributed by atoms with Gasteiger partial charge in [0.1, 0.15) is 5.75 Å². The molecule has 0 fully saturated rings. The maximum Gasteiger partial charge on any atom is 0.311 e. The molecule has 0 bridgehead atoms. The molecule has 0 unspecified atom stereocenters. The second kappa shape index (κ2) is 7.14. The molecule has 0 aliphatic carbocycles. The molecule has 1 heterocycles. The van der Waals surface area contributed by atoms with Crippen molar-refractivity contribution in [3.05, 3.63) is 54.6 Å². The Bertz CT molecular complexity index is 790. The topological polar surface area (TPSA) is 42.1 Å². The van der Waals surface area contributed by atoms with Crippen LogP contribution in [0.15, 0.2) is 54.6 Å². The second-order valence-corrected chi connectivity index (χ2v) is 5.73. The molecule has 2 aromatic carbocycles. The standard InChI is InChI=1S/C20H21NO2/c1-2-3-5-10-20(22)23-17-12-11-16-13-18(21-19(16)14-17)15-8-6-4-7-9-15/h4,6-9,11-14,21H,2-3,5,10H2,1H3. The van der Waals surface area contributed by atoms with E-state index in [-0.39, 0.29) is 5.97 Å². The molecule has 23 heavy (non-hydrogen) atoms. The number of fused-ring (bicyclic) bond motifs is 1. The number of benzene rings is 2. The number of unbranched alkanes of at least 4 members (excludes halogenated alkanes) is 2. The Hall–Kier alpha value is -2.55. The van der Waals surface area contributed by atoms with Gasteiger partial charge in [-0.3, -0.25) is 4.79 Å². The first kappa shape index (κ1) is 15.3. The first-order valence-electron chi connectivity index (χ1n) is 8.15. The minimum absolute atomic E-state index is 0.160. The lowest BCUT2D eigenvalue weighted by atomic mass is 10.1. The normalized spacial score (nSPS) is 10.8. The Balaban J connectivity index is 1.76. The van der Waals surface area contributed by atoms with Crippen molar-refractivity contribution in [3.8, 4) is 17.0 Å². The fourth-order valence-electron chi connectivity index (χ4n) is 2.64. The molecule has 1 N–H and O–H groups in total. The van der Waals surface area contributed by atoms with Crippen LogP contribution in [0.5, 0.6) is 5.75 Å². The quantitative estimate of drug-likeness (QED) is 0.380. The van der Waals surface area contributed by atoms with Gasteiger partial charge in [0.2, 0.25) is 0 Å². The van der Waals surface area contributed by atoms with E-state index in [2.05, 4.69) is 30.1 Å². The average Bonchev–Trinajstić information content (AvgIpc) is 2.99. The van der Waals surface area contributed by atoms with Crippen molar-refractivity contribution < 1.29 is 9.53 Å². The van der Waals surface area contributed by atoms with Crippen LogP contribution in [0.4, 0.5) is 0 Å². The minimum atomic E-state index is -0.160. The van der Waals surface area contributed by atoms with Crippen molar-refractivity contribution in [3.63, 3.8) is 0 Å². The largest absolute Gasteiger partial charge is 0.426 e.